The van der Waals surface area contributed by atoms with E-state index in [1.807, 2.05) is 49.4 Å². The number of carbonyl (C=O) groups excluding carboxylic acids is 1. The molecule has 0 aliphatic carbocycles. The van der Waals surface area contributed by atoms with Crippen LogP contribution in [0.25, 0.3) is 0 Å². The van der Waals surface area contributed by atoms with Crippen LogP contribution in [0.15, 0.2) is 53.2 Å². The van der Waals surface area contributed by atoms with E-state index in [0.29, 0.717) is 36.6 Å². The topological polar surface area (TPSA) is 77.2 Å². The number of benzene rings is 1. The number of carbonyl (C=O) groups is 1. The molecule has 3 aromatic rings. The van der Waals surface area contributed by atoms with E-state index < -0.39 is 0 Å². The third-order valence-corrected chi connectivity index (χ3v) is 3.96. The Labute approximate surface area is 152 Å². The lowest BCUT2D eigenvalue weighted by Crippen LogP contribution is -2.24. The van der Waals surface area contributed by atoms with E-state index in [-0.39, 0.29) is 5.91 Å². The van der Waals surface area contributed by atoms with Crippen LogP contribution < -0.4 is 10.1 Å². The van der Waals surface area contributed by atoms with Gasteiger partial charge in [0.05, 0.1) is 11.4 Å². The van der Waals surface area contributed by atoms with Crippen molar-refractivity contribution in [2.75, 3.05) is 0 Å². The molecule has 0 aliphatic heterocycles. The van der Waals surface area contributed by atoms with Crippen molar-refractivity contribution in [3.8, 4) is 5.75 Å². The van der Waals surface area contributed by atoms with Crippen LogP contribution >= 0.6 is 0 Å². The van der Waals surface area contributed by atoms with Crippen LogP contribution in [0, 0.1) is 6.92 Å². The molecule has 0 atom stereocenters. The number of amides is 1. The molecule has 6 nitrogen and oxygen atoms in total. The number of hydrogen-bond acceptors (Lipinski definition) is 5. The van der Waals surface area contributed by atoms with Crippen molar-refractivity contribution in [1.82, 2.24) is 15.5 Å². The number of pyridine rings is 1. The molecule has 0 aliphatic rings. The Kier molecular flexibility index (Phi) is 5.63. The molecule has 1 N–H and O–H groups in total. The lowest BCUT2D eigenvalue weighted by Gasteiger charge is -2.09. The Hall–Kier alpha value is -3.15. The van der Waals surface area contributed by atoms with Crippen LogP contribution in [-0.4, -0.2) is 16.0 Å². The summed E-state index contributed by atoms with van der Waals surface area (Å²) in [5, 5.41) is 6.83. The predicted octanol–water partition coefficient (Wildman–Crippen LogP) is 3.45. The van der Waals surface area contributed by atoms with Crippen molar-refractivity contribution in [1.29, 1.82) is 0 Å². The Morgan fingerprint density at radius 2 is 2.12 bits per heavy atom. The van der Waals surface area contributed by atoms with Crippen LogP contribution in [0.5, 0.6) is 5.75 Å². The highest BCUT2D eigenvalue weighted by atomic mass is 16.5. The maximum absolute atomic E-state index is 12.4. The minimum atomic E-state index is -0.180. The summed E-state index contributed by atoms with van der Waals surface area (Å²) in [6.07, 6.45) is 2.39. The van der Waals surface area contributed by atoms with Gasteiger partial charge >= 0.3 is 0 Å². The Balaban J connectivity index is 1.60. The molecule has 0 unspecified atom stereocenters. The molecule has 0 radical (unpaired) electrons. The SMILES string of the molecule is CCc1noc(C)c1C(=O)NCc1cccc(OCc2ccccn2)c1. The first-order valence-corrected chi connectivity index (χ1v) is 8.52. The molecular weight excluding hydrogens is 330 g/mol. The van der Waals surface area contributed by atoms with Crippen molar-refractivity contribution < 1.29 is 14.1 Å². The van der Waals surface area contributed by atoms with Crippen LogP contribution in [-0.2, 0) is 19.6 Å². The highest BCUT2D eigenvalue weighted by molar-refractivity contribution is 5.96. The lowest BCUT2D eigenvalue weighted by atomic mass is 10.1. The Bertz CT molecular complexity index is 875. The average molecular weight is 351 g/mol. The van der Waals surface area contributed by atoms with E-state index in [4.69, 9.17) is 9.26 Å². The molecule has 134 valence electrons. The third kappa shape index (κ3) is 4.27. The van der Waals surface area contributed by atoms with E-state index in [1.54, 1.807) is 13.1 Å². The van der Waals surface area contributed by atoms with Gasteiger partial charge in [0, 0.05) is 12.7 Å². The summed E-state index contributed by atoms with van der Waals surface area (Å²) >= 11 is 0. The van der Waals surface area contributed by atoms with Crippen molar-refractivity contribution in [3.05, 3.63) is 76.9 Å². The summed E-state index contributed by atoms with van der Waals surface area (Å²) in [7, 11) is 0. The minimum Gasteiger partial charge on any atom is -0.487 e. The molecule has 1 aromatic carbocycles. The van der Waals surface area contributed by atoms with Gasteiger partial charge in [-0.1, -0.05) is 30.3 Å². The fourth-order valence-electron chi connectivity index (χ4n) is 2.61. The molecule has 1 amide bonds. The first-order valence-electron chi connectivity index (χ1n) is 8.52. The molecule has 0 saturated carbocycles. The van der Waals surface area contributed by atoms with Crippen LogP contribution in [0.2, 0.25) is 0 Å². The van der Waals surface area contributed by atoms with E-state index >= 15 is 0 Å². The maximum atomic E-state index is 12.4. The van der Waals surface area contributed by atoms with Crippen LogP contribution in [0.4, 0.5) is 0 Å². The molecule has 26 heavy (non-hydrogen) atoms. The molecular formula is C20H21N3O3. The van der Waals surface area contributed by atoms with Crippen molar-refractivity contribution >= 4 is 5.91 Å². The van der Waals surface area contributed by atoms with Crippen molar-refractivity contribution in [2.45, 2.75) is 33.4 Å². The number of rotatable bonds is 7. The summed E-state index contributed by atoms with van der Waals surface area (Å²) in [6, 6.07) is 13.3. The van der Waals surface area contributed by atoms with Gasteiger partial charge in [-0.25, -0.2) is 0 Å². The fourth-order valence-corrected chi connectivity index (χ4v) is 2.61. The van der Waals surface area contributed by atoms with Crippen LogP contribution in [0.1, 0.15) is 40.0 Å². The summed E-state index contributed by atoms with van der Waals surface area (Å²) in [5.41, 5.74) is 3.01. The second-order valence-corrected chi connectivity index (χ2v) is 5.85. The second-order valence-electron chi connectivity index (χ2n) is 5.85. The molecule has 0 bridgehead atoms. The van der Waals surface area contributed by atoms with Crippen molar-refractivity contribution in [3.63, 3.8) is 0 Å². The first-order chi connectivity index (χ1) is 12.7. The largest absolute Gasteiger partial charge is 0.487 e. The number of hydrogen-bond donors (Lipinski definition) is 1. The third-order valence-electron chi connectivity index (χ3n) is 3.96. The molecule has 0 spiro atoms. The average Bonchev–Trinajstić information content (AvgIpc) is 3.06. The molecule has 0 saturated heterocycles. The minimum absolute atomic E-state index is 0.180. The van der Waals surface area contributed by atoms with E-state index in [2.05, 4.69) is 15.5 Å². The molecule has 2 heterocycles. The zero-order valence-corrected chi connectivity index (χ0v) is 14.9. The fraction of sp³-hybridized carbons (Fsp3) is 0.250. The van der Waals surface area contributed by atoms with E-state index in [1.165, 1.54) is 0 Å². The Morgan fingerprint density at radius 1 is 1.23 bits per heavy atom. The molecule has 6 heteroatoms. The lowest BCUT2D eigenvalue weighted by molar-refractivity contribution is 0.0948. The molecule has 3 rings (SSSR count). The van der Waals surface area contributed by atoms with Gasteiger partial charge in [0.15, 0.2) is 0 Å². The number of nitrogens with zero attached hydrogens (tertiary/aromatic N) is 2. The Morgan fingerprint density at radius 3 is 2.88 bits per heavy atom. The summed E-state index contributed by atoms with van der Waals surface area (Å²) in [4.78, 5) is 16.7. The second kappa shape index (κ2) is 8.29. The predicted molar refractivity (Wildman–Crippen MR) is 96.8 cm³/mol. The monoisotopic (exact) mass is 351 g/mol. The highest BCUT2D eigenvalue weighted by Gasteiger charge is 2.18. The quantitative estimate of drug-likeness (QED) is 0.705. The van der Waals surface area contributed by atoms with Gasteiger partial charge in [-0.3, -0.25) is 9.78 Å². The number of ether oxygens (including phenoxy) is 1. The van der Waals surface area contributed by atoms with E-state index in [0.717, 1.165) is 17.0 Å². The van der Waals surface area contributed by atoms with Gasteiger partial charge < -0.3 is 14.6 Å². The van der Waals surface area contributed by atoms with Gasteiger partial charge in [0.2, 0.25) is 0 Å². The standard InChI is InChI=1S/C20H21N3O3/c1-3-18-19(14(2)26-23-18)20(24)22-12-15-7-6-9-17(11-15)25-13-16-8-4-5-10-21-16/h4-11H,3,12-13H2,1-2H3,(H,22,24). The van der Waals surface area contributed by atoms with Gasteiger partial charge in [-0.05, 0) is 43.2 Å². The summed E-state index contributed by atoms with van der Waals surface area (Å²) < 4.78 is 10.9. The summed E-state index contributed by atoms with van der Waals surface area (Å²) in [5.74, 6) is 1.09. The smallest absolute Gasteiger partial charge is 0.257 e. The van der Waals surface area contributed by atoms with Gasteiger partial charge in [0.1, 0.15) is 23.7 Å². The van der Waals surface area contributed by atoms with Gasteiger partial charge in [-0.2, -0.15) is 0 Å². The van der Waals surface area contributed by atoms with E-state index in [9.17, 15) is 4.79 Å². The number of nitrogens with one attached hydrogen (secondary N) is 1. The highest BCUT2D eigenvalue weighted by Crippen LogP contribution is 2.16. The zero-order chi connectivity index (χ0) is 18.4. The number of aryl methyl sites for hydroxylation is 2. The van der Waals surface area contributed by atoms with Gasteiger partial charge in [-0.15, -0.1) is 0 Å². The van der Waals surface area contributed by atoms with Crippen LogP contribution in [0.3, 0.4) is 0 Å². The molecule has 2 aromatic heterocycles. The molecule has 0 fully saturated rings. The summed E-state index contributed by atoms with van der Waals surface area (Å²) in [6.45, 7) is 4.48. The first kappa shape index (κ1) is 17.7. The number of aromatic nitrogens is 2. The maximum Gasteiger partial charge on any atom is 0.257 e. The van der Waals surface area contributed by atoms with Crippen molar-refractivity contribution in [2.24, 2.45) is 0 Å². The van der Waals surface area contributed by atoms with Gasteiger partial charge in [0.25, 0.3) is 5.91 Å². The normalized spacial score (nSPS) is 10.5. The zero-order valence-electron chi connectivity index (χ0n) is 14.9.